The normalized spacial score (nSPS) is 10.8. The molecule has 1 amide bonds. The second-order valence-corrected chi connectivity index (χ2v) is 6.42. The van der Waals surface area contributed by atoms with Crippen molar-refractivity contribution in [3.05, 3.63) is 95.0 Å². The lowest BCUT2D eigenvalue weighted by Crippen LogP contribution is -2.28. The Morgan fingerprint density at radius 3 is 2.52 bits per heavy atom. The molecule has 0 saturated heterocycles. The van der Waals surface area contributed by atoms with E-state index in [9.17, 15) is 18.4 Å². The summed E-state index contributed by atoms with van der Waals surface area (Å²) < 4.78 is 29.4. The molecule has 7 heteroatoms. The molecule has 1 heterocycles. The number of hydrogen-bond donors (Lipinski definition) is 1. The number of carbonyl (C=O) groups is 1. The Labute approximate surface area is 164 Å². The summed E-state index contributed by atoms with van der Waals surface area (Å²) in [5.74, 6) is -2.29. The first-order chi connectivity index (χ1) is 14.0. The largest absolute Gasteiger partial charge is 0.322 e. The molecule has 3 aromatic carbocycles. The van der Waals surface area contributed by atoms with E-state index < -0.39 is 17.5 Å². The molecule has 29 heavy (non-hydrogen) atoms. The Morgan fingerprint density at radius 2 is 1.72 bits per heavy atom. The molecule has 0 aliphatic carbocycles. The van der Waals surface area contributed by atoms with Crippen LogP contribution in [0.3, 0.4) is 0 Å². The van der Waals surface area contributed by atoms with Crippen molar-refractivity contribution in [3.63, 3.8) is 0 Å². The molecule has 0 radical (unpaired) electrons. The molecule has 4 rings (SSSR count). The number of rotatable bonds is 4. The molecule has 144 valence electrons. The maximum Gasteiger partial charge on any atom is 0.261 e. The first-order valence-corrected chi connectivity index (χ1v) is 8.81. The molecule has 0 atom stereocenters. The maximum absolute atomic E-state index is 14.4. The van der Waals surface area contributed by atoms with Crippen LogP contribution >= 0.6 is 0 Å². The summed E-state index contributed by atoms with van der Waals surface area (Å²) in [5.41, 5.74) is 0.745. The summed E-state index contributed by atoms with van der Waals surface area (Å²) in [4.78, 5) is 29.2. The summed E-state index contributed by atoms with van der Waals surface area (Å²) in [6.45, 7) is -0.359. The highest BCUT2D eigenvalue weighted by Gasteiger charge is 2.16. The molecule has 0 spiro atoms. The zero-order chi connectivity index (χ0) is 20.4. The number of fused-ring (bicyclic) bond motifs is 1. The molecule has 0 saturated carbocycles. The minimum Gasteiger partial charge on any atom is -0.322 e. The molecule has 1 N–H and O–H groups in total. The van der Waals surface area contributed by atoms with Gasteiger partial charge in [0.1, 0.15) is 18.2 Å². The van der Waals surface area contributed by atoms with Crippen molar-refractivity contribution in [1.82, 2.24) is 9.55 Å². The average molecular weight is 391 g/mol. The lowest BCUT2D eigenvalue weighted by molar-refractivity contribution is -0.116. The molecule has 1 aromatic heterocycles. The maximum atomic E-state index is 14.4. The summed E-state index contributed by atoms with van der Waals surface area (Å²) >= 11 is 0. The Morgan fingerprint density at radius 1 is 1.00 bits per heavy atom. The van der Waals surface area contributed by atoms with E-state index in [0.29, 0.717) is 22.5 Å². The van der Waals surface area contributed by atoms with Gasteiger partial charge in [0.2, 0.25) is 5.91 Å². The number of anilines is 1. The number of nitrogens with one attached hydrogen (secondary N) is 1. The van der Waals surface area contributed by atoms with E-state index in [1.54, 1.807) is 54.6 Å². The molecule has 0 bridgehead atoms. The van der Waals surface area contributed by atoms with Crippen LogP contribution in [0.15, 0.2) is 77.9 Å². The highest BCUT2D eigenvalue weighted by atomic mass is 19.1. The third kappa shape index (κ3) is 3.75. The number of amides is 1. The minimum atomic E-state index is -0.902. The molecule has 0 fully saturated rings. The number of benzene rings is 3. The number of aromatic nitrogens is 2. The Kier molecular flexibility index (Phi) is 4.87. The van der Waals surface area contributed by atoms with E-state index in [2.05, 4.69) is 10.3 Å². The Balaban J connectivity index is 1.66. The van der Waals surface area contributed by atoms with Gasteiger partial charge in [0.05, 0.1) is 22.9 Å². The fraction of sp³-hybridized carbons (Fsp3) is 0.0455. The zero-order valence-corrected chi connectivity index (χ0v) is 15.1. The third-order valence-electron chi connectivity index (χ3n) is 4.45. The van der Waals surface area contributed by atoms with E-state index in [1.807, 2.05) is 0 Å². The number of halogens is 2. The van der Waals surface area contributed by atoms with Crippen molar-refractivity contribution < 1.29 is 13.6 Å². The van der Waals surface area contributed by atoms with E-state index in [0.717, 1.165) is 10.6 Å². The van der Waals surface area contributed by atoms with Crippen LogP contribution in [0.1, 0.15) is 0 Å². The monoisotopic (exact) mass is 391 g/mol. The van der Waals surface area contributed by atoms with Crippen LogP contribution < -0.4 is 10.9 Å². The van der Waals surface area contributed by atoms with Crippen LogP contribution in [-0.2, 0) is 11.3 Å². The van der Waals surface area contributed by atoms with Gasteiger partial charge in [-0.05, 0) is 23.8 Å². The van der Waals surface area contributed by atoms with Crippen molar-refractivity contribution in [2.45, 2.75) is 6.54 Å². The van der Waals surface area contributed by atoms with Crippen molar-refractivity contribution in [1.29, 1.82) is 0 Å². The standard InChI is InChI=1S/C22H15F2N3O2/c23-15-10-17(14-6-2-1-3-7-14)21(18(24)11-15)26-20(28)12-27-13-25-19-9-5-4-8-16(19)22(27)29/h1-11,13H,12H2,(H,26,28). The second-order valence-electron chi connectivity index (χ2n) is 6.42. The van der Waals surface area contributed by atoms with Gasteiger partial charge in [0.25, 0.3) is 5.56 Å². The topological polar surface area (TPSA) is 64.0 Å². The molecule has 0 aliphatic heterocycles. The molecular weight excluding hydrogens is 376 g/mol. The van der Waals surface area contributed by atoms with Crippen molar-refractivity contribution in [2.24, 2.45) is 0 Å². The van der Waals surface area contributed by atoms with Crippen molar-refractivity contribution >= 4 is 22.5 Å². The first kappa shape index (κ1) is 18.5. The van der Waals surface area contributed by atoms with Gasteiger partial charge < -0.3 is 5.32 Å². The molecule has 0 unspecified atom stereocenters. The molecule has 4 aromatic rings. The number of hydrogen-bond acceptors (Lipinski definition) is 3. The van der Waals surface area contributed by atoms with E-state index in [4.69, 9.17) is 0 Å². The fourth-order valence-electron chi connectivity index (χ4n) is 3.10. The first-order valence-electron chi connectivity index (χ1n) is 8.81. The van der Waals surface area contributed by atoms with Crippen molar-refractivity contribution in [3.8, 4) is 11.1 Å². The van der Waals surface area contributed by atoms with Crippen molar-refractivity contribution in [2.75, 3.05) is 5.32 Å². The molecule has 5 nitrogen and oxygen atoms in total. The summed E-state index contributed by atoms with van der Waals surface area (Å²) in [7, 11) is 0. The Bertz CT molecular complexity index is 1270. The predicted octanol–water partition coefficient (Wildman–Crippen LogP) is 3.98. The van der Waals surface area contributed by atoms with E-state index in [1.165, 1.54) is 6.33 Å². The smallest absolute Gasteiger partial charge is 0.261 e. The second kappa shape index (κ2) is 7.63. The SMILES string of the molecule is O=C(Cn1cnc2ccccc2c1=O)Nc1c(F)cc(F)cc1-c1ccccc1. The average Bonchev–Trinajstić information content (AvgIpc) is 2.73. The van der Waals surface area contributed by atoms with E-state index >= 15 is 0 Å². The number of nitrogens with zero attached hydrogens (tertiary/aromatic N) is 2. The lowest BCUT2D eigenvalue weighted by atomic mass is 10.0. The van der Waals surface area contributed by atoms with Crippen LogP contribution in [0, 0.1) is 11.6 Å². The van der Waals surface area contributed by atoms with E-state index in [-0.39, 0.29) is 23.4 Å². The minimum absolute atomic E-state index is 0.149. The van der Waals surface area contributed by atoms with Gasteiger partial charge in [0, 0.05) is 11.6 Å². The third-order valence-corrected chi connectivity index (χ3v) is 4.45. The quantitative estimate of drug-likeness (QED) is 0.572. The Hall–Kier alpha value is -3.87. The summed E-state index contributed by atoms with van der Waals surface area (Å²) in [6.07, 6.45) is 1.27. The molecule has 0 aliphatic rings. The van der Waals surface area contributed by atoms with Gasteiger partial charge in [-0.2, -0.15) is 0 Å². The van der Waals surface area contributed by atoms with Gasteiger partial charge >= 0.3 is 0 Å². The highest BCUT2D eigenvalue weighted by molar-refractivity contribution is 5.95. The van der Waals surface area contributed by atoms with Gasteiger partial charge in [0.15, 0.2) is 0 Å². The van der Waals surface area contributed by atoms with Crippen LogP contribution in [-0.4, -0.2) is 15.5 Å². The highest BCUT2D eigenvalue weighted by Crippen LogP contribution is 2.31. The van der Waals surface area contributed by atoms with Crippen LogP contribution in [0.4, 0.5) is 14.5 Å². The van der Waals surface area contributed by atoms with Crippen LogP contribution in [0.2, 0.25) is 0 Å². The zero-order valence-electron chi connectivity index (χ0n) is 15.1. The lowest BCUT2D eigenvalue weighted by Gasteiger charge is -2.13. The number of para-hydroxylation sites is 1. The van der Waals surface area contributed by atoms with Gasteiger partial charge in [-0.1, -0.05) is 42.5 Å². The predicted molar refractivity (Wildman–Crippen MR) is 106 cm³/mol. The number of carbonyl (C=O) groups excluding carboxylic acids is 1. The van der Waals surface area contributed by atoms with Crippen LogP contribution in [0.25, 0.3) is 22.0 Å². The van der Waals surface area contributed by atoms with Gasteiger partial charge in [-0.25, -0.2) is 13.8 Å². The fourth-order valence-corrected chi connectivity index (χ4v) is 3.10. The van der Waals surface area contributed by atoms with Crippen LogP contribution in [0.5, 0.6) is 0 Å². The van der Waals surface area contributed by atoms with Gasteiger partial charge in [-0.15, -0.1) is 0 Å². The van der Waals surface area contributed by atoms with Gasteiger partial charge in [-0.3, -0.25) is 14.2 Å². The molecular formula is C22H15F2N3O2. The summed E-state index contributed by atoms with van der Waals surface area (Å²) in [6, 6.07) is 17.2. The summed E-state index contributed by atoms with van der Waals surface area (Å²) in [5, 5.41) is 2.84.